The molecular formula is C24H29ClN2O5S. The SMILES string of the molecule is COc1ccc(/C=C/C(=O)N(C)CCOc2ccc(Cl)cc2)cc1S(=O)(=O)N1CCCCC1. The Balaban J connectivity index is 1.64. The minimum atomic E-state index is -3.67. The number of nitrogens with zero attached hydrogens (tertiary/aromatic N) is 2. The van der Waals surface area contributed by atoms with E-state index >= 15 is 0 Å². The molecule has 7 nitrogen and oxygen atoms in total. The average molecular weight is 493 g/mol. The van der Waals surface area contributed by atoms with E-state index < -0.39 is 10.0 Å². The number of likely N-dealkylation sites (N-methyl/N-ethyl adjacent to an activating group) is 1. The van der Waals surface area contributed by atoms with Crippen molar-refractivity contribution in [2.45, 2.75) is 24.2 Å². The summed E-state index contributed by atoms with van der Waals surface area (Å²) < 4.78 is 38.7. The molecule has 0 aliphatic carbocycles. The molecule has 9 heteroatoms. The quantitative estimate of drug-likeness (QED) is 0.493. The number of piperidine rings is 1. The number of amides is 1. The van der Waals surface area contributed by atoms with Gasteiger partial charge < -0.3 is 14.4 Å². The molecule has 0 unspecified atom stereocenters. The highest BCUT2D eigenvalue weighted by Gasteiger charge is 2.29. The first-order valence-electron chi connectivity index (χ1n) is 10.8. The van der Waals surface area contributed by atoms with Gasteiger partial charge in [-0.25, -0.2) is 8.42 Å². The number of carbonyl (C=O) groups excluding carboxylic acids is 1. The Labute approximate surface area is 200 Å². The van der Waals surface area contributed by atoms with Gasteiger partial charge in [0.25, 0.3) is 0 Å². The van der Waals surface area contributed by atoms with Crippen molar-refractivity contribution in [3.05, 3.63) is 59.1 Å². The van der Waals surface area contributed by atoms with E-state index in [2.05, 4.69) is 0 Å². The first kappa shape index (κ1) is 25.1. The second kappa shape index (κ2) is 11.5. The van der Waals surface area contributed by atoms with Crippen LogP contribution in [0.25, 0.3) is 6.08 Å². The number of ether oxygens (including phenoxy) is 2. The number of carbonyl (C=O) groups is 1. The second-order valence-corrected chi connectivity index (χ2v) is 10.1. The van der Waals surface area contributed by atoms with Crippen LogP contribution in [-0.2, 0) is 14.8 Å². The fraction of sp³-hybridized carbons (Fsp3) is 0.375. The first-order valence-corrected chi connectivity index (χ1v) is 12.6. The predicted octanol–water partition coefficient (Wildman–Crippen LogP) is 4.07. The van der Waals surface area contributed by atoms with Gasteiger partial charge in [0.1, 0.15) is 23.0 Å². The summed E-state index contributed by atoms with van der Waals surface area (Å²) in [6.07, 6.45) is 5.76. The average Bonchev–Trinajstić information content (AvgIpc) is 2.84. The summed E-state index contributed by atoms with van der Waals surface area (Å²) in [4.78, 5) is 14.1. The van der Waals surface area contributed by atoms with Crippen LogP contribution in [0.3, 0.4) is 0 Å². The third-order valence-electron chi connectivity index (χ3n) is 5.42. The predicted molar refractivity (Wildman–Crippen MR) is 129 cm³/mol. The third kappa shape index (κ3) is 6.72. The van der Waals surface area contributed by atoms with Crippen molar-refractivity contribution in [1.82, 2.24) is 9.21 Å². The third-order valence-corrected chi connectivity index (χ3v) is 7.60. The Hall–Kier alpha value is -2.55. The van der Waals surface area contributed by atoms with Crippen molar-refractivity contribution in [1.29, 1.82) is 0 Å². The Bertz CT molecular complexity index is 1080. The monoisotopic (exact) mass is 492 g/mol. The Morgan fingerprint density at radius 3 is 2.48 bits per heavy atom. The van der Waals surface area contributed by atoms with Gasteiger partial charge in [-0.1, -0.05) is 24.1 Å². The van der Waals surface area contributed by atoms with Crippen LogP contribution in [0.5, 0.6) is 11.5 Å². The molecule has 1 aliphatic heterocycles. The van der Waals surface area contributed by atoms with E-state index in [1.165, 1.54) is 22.4 Å². The number of methoxy groups -OCH3 is 1. The fourth-order valence-electron chi connectivity index (χ4n) is 3.48. The van der Waals surface area contributed by atoms with Crippen LogP contribution in [0, 0.1) is 0 Å². The highest BCUT2D eigenvalue weighted by molar-refractivity contribution is 7.89. The van der Waals surface area contributed by atoms with Crippen molar-refractivity contribution >= 4 is 33.6 Å². The topological polar surface area (TPSA) is 76.1 Å². The van der Waals surface area contributed by atoms with Crippen LogP contribution < -0.4 is 9.47 Å². The summed E-state index contributed by atoms with van der Waals surface area (Å²) in [5.74, 6) is 0.753. The lowest BCUT2D eigenvalue weighted by atomic mass is 10.2. The van der Waals surface area contributed by atoms with Gasteiger partial charge in [-0.3, -0.25) is 4.79 Å². The summed E-state index contributed by atoms with van der Waals surface area (Å²) in [6.45, 7) is 1.74. The largest absolute Gasteiger partial charge is 0.495 e. The Morgan fingerprint density at radius 1 is 1.12 bits per heavy atom. The molecule has 0 bridgehead atoms. The van der Waals surface area contributed by atoms with Gasteiger partial charge in [0.05, 0.1) is 13.7 Å². The van der Waals surface area contributed by atoms with Crippen molar-refractivity contribution in [3.63, 3.8) is 0 Å². The van der Waals surface area contributed by atoms with Crippen LogP contribution >= 0.6 is 11.6 Å². The Morgan fingerprint density at radius 2 is 1.82 bits per heavy atom. The van der Waals surface area contributed by atoms with Gasteiger partial charge in [-0.05, 0) is 60.9 Å². The van der Waals surface area contributed by atoms with Crippen molar-refractivity contribution in [2.24, 2.45) is 0 Å². The van der Waals surface area contributed by atoms with Crippen LogP contribution in [0.15, 0.2) is 53.4 Å². The minimum Gasteiger partial charge on any atom is -0.495 e. The zero-order valence-corrected chi connectivity index (χ0v) is 20.4. The summed E-state index contributed by atoms with van der Waals surface area (Å²) in [7, 11) is -0.541. The minimum absolute atomic E-state index is 0.117. The van der Waals surface area contributed by atoms with Gasteiger partial charge in [-0.15, -0.1) is 0 Å². The number of sulfonamides is 1. The first-order chi connectivity index (χ1) is 15.8. The summed E-state index contributed by atoms with van der Waals surface area (Å²) in [6, 6.07) is 11.9. The lowest BCUT2D eigenvalue weighted by Gasteiger charge is -2.26. The van der Waals surface area contributed by atoms with Crippen LogP contribution in [0.2, 0.25) is 5.02 Å². The van der Waals surface area contributed by atoms with E-state index in [0.29, 0.717) is 48.3 Å². The molecule has 1 fully saturated rings. The van der Waals surface area contributed by atoms with Crippen LogP contribution in [0.1, 0.15) is 24.8 Å². The van der Waals surface area contributed by atoms with E-state index in [1.807, 2.05) is 0 Å². The van der Waals surface area contributed by atoms with Crippen molar-refractivity contribution < 1.29 is 22.7 Å². The van der Waals surface area contributed by atoms with Crippen LogP contribution in [-0.4, -0.2) is 63.9 Å². The molecule has 3 rings (SSSR count). The van der Waals surface area contributed by atoms with E-state index in [4.69, 9.17) is 21.1 Å². The summed E-state index contributed by atoms with van der Waals surface area (Å²) in [5, 5.41) is 0.630. The number of hydrogen-bond acceptors (Lipinski definition) is 5. The zero-order valence-electron chi connectivity index (χ0n) is 18.9. The molecule has 1 amide bonds. The van der Waals surface area contributed by atoms with Gasteiger partial charge >= 0.3 is 0 Å². The van der Waals surface area contributed by atoms with Crippen molar-refractivity contribution in [2.75, 3.05) is 40.4 Å². The summed E-state index contributed by atoms with van der Waals surface area (Å²) in [5.41, 5.74) is 0.602. The molecule has 1 heterocycles. The molecule has 1 aliphatic rings. The van der Waals surface area contributed by atoms with Gasteiger partial charge in [-0.2, -0.15) is 4.31 Å². The Kier molecular flexibility index (Phi) is 8.77. The molecule has 0 atom stereocenters. The maximum atomic E-state index is 13.1. The molecular weight excluding hydrogens is 464 g/mol. The standard InChI is InChI=1S/C24H29ClN2O5S/c1-26(16-17-32-21-10-8-20(25)9-11-21)24(28)13-7-19-6-12-22(31-2)23(18-19)33(29,30)27-14-4-3-5-15-27/h6-13,18H,3-5,14-17H2,1-2H3/b13-7+. The molecule has 2 aromatic rings. The smallest absolute Gasteiger partial charge is 0.246 e. The molecule has 0 aromatic heterocycles. The lowest BCUT2D eigenvalue weighted by molar-refractivity contribution is -0.125. The van der Waals surface area contributed by atoms with E-state index in [9.17, 15) is 13.2 Å². The molecule has 0 spiro atoms. The molecule has 0 radical (unpaired) electrons. The zero-order chi connectivity index (χ0) is 23.8. The molecule has 1 saturated heterocycles. The van der Waals surface area contributed by atoms with Crippen LogP contribution in [0.4, 0.5) is 0 Å². The number of benzene rings is 2. The highest BCUT2D eigenvalue weighted by atomic mass is 35.5. The highest BCUT2D eigenvalue weighted by Crippen LogP contribution is 2.30. The molecule has 2 aromatic carbocycles. The molecule has 0 N–H and O–H groups in total. The van der Waals surface area contributed by atoms with Gasteiger partial charge in [0.15, 0.2) is 0 Å². The van der Waals surface area contributed by atoms with E-state index in [0.717, 1.165) is 19.3 Å². The van der Waals surface area contributed by atoms with E-state index in [1.54, 1.807) is 55.6 Å². The van der Waals surface area contributed by atoms with E-state index in [-0.39, 0.29) is 10.8 Å². The molecule has 0 saturated carbocycles. The fourth-order valence-corrected chi connectivity index (χ4v) is 5.31. The lowest BCUT2D eigenvalue weighted by Crippen LogP contribution is -2.35. The summed E-state index contributed by atoms with van der Waals surface area (Å²) >= 11 is 5.86. The number of halogens is 1. The number of hydrogen-bond donors (Lipinski definition) is 0. The maximum absolute atomic E-state index is 13.1. The molecule has 33 heavy (non-hydrogen) atoms. The van der Waals surface area contributed by atoms with Crippen molar-refractivity contribution in [3.8, 4) is 11.5 Å². The maximum Gasteiger partial charge on any atom is 0.246 e. The number of rotatable bonds is 9. The van der Waals surface area contributed by atoms with Gasteiger partial charge in [0, 0.05) is 31.2 Å². The van der Waals surface area contributed by atoms with Gasteiger partial charge in [0.2, 0.25) is 15.9 Å². The second-order valence-electron chi connectivity index (χ2n) is 7.77. The normalized spacial score (nSPS) is 14.9. The molecule has 178 valence electrons.